The molecule has 1 saturated heterocycles. The molecule has 7 heteroatoms. The molecule has 1 aromatic heterocycles. The molecule has 1 fully saturated rings. The second kappa shape index (κ2) is 7.19. The molecular formula is C12H20ClN3O2S. The SMILES string of the molecule is Cl.NCC1CCCCN1S(=O)(=O)Cc1cccnc1. The van der Waals surface area contributed by atoms with Gasteiger partial charge in [0.05, 0.1) is 5.75 Å². The first-order valence-electron chi connectivity index (χ1n) is 6.22. The first-order valence-corrected chi connectivity index (χ1v) is 7.83. The van der Waals surface area contributed by atoms with Crippen molar-refractivity contribution in [1.82, 2.24) is 9.29 Å². The van der Waals surface area contributed by atoms with Crippen LogP contribution in [0.3, 0.4) is 0 Å². The summed E-state index contributed by atoms with van der Waals surface area (Å²) in [5.74, 6) is 0.0112. The van der Waals surface area contributed by atoms with Crippen LogP contribution in [0.15, 0.2) is 24.5 Å². The van der Waals surface area contributed by atoms with Crippen molar-refractivity contribution < 1.29 is 8.42 Å². The molecule has 0 amide bonds. The molecule has 0 aromatic carbocycles. The summed E-state index contributed by atoms with van der Waals surface area (Å²) < 4.78 is 26.3. The van der Waals surface area contributed by atoms with E-state index in [0.29, 0.717) is 13.1 Å². The molecule has 0 spiro atoms. The number of nitrogens with two attached hydrogens (primary N) is 1. The molecule has 5 nitrogen and oxygen atoms in total. The van der Waals surface area contributed by atoms with Gasteiger partial charge in [0.25, 0.3) is 0 Å². The molecule has 0 radical (unpaired) electrons. The number of rotatable bonds is 4. The maximum atomic E-state index is 12.4. The highest BCUT2D eigenvalue weighted by Gasteiger charge is 2.31. The van der Waals surface area contributed by atoms with Crippen molar-refractivity contribution >= 4 is 22.4 Å². The quantitative estimate of drug-likeness (QED) is 0.905. The number of pyridine rings is 1. The fraction of sp³-hybridized carbons (Fsp3) is 0.583. The molecule has 1 aliphatic heterocycles. The van der Waals surface area contributed by atoms with Gasteiger partial charge in [-0.2, -0.15) is 4.31 Å². The van der Waals surface area contributed by atoms with Crippen molar-refractivity contribution in [2.45, 2.75) is 31.1 Å². The first kappa shape index (κ1) is 16.4. The Balaban J connectivity index is 0.00000180. The highest BCUT2D eigenvalue weighted by molar-refractivity contribution is 7.88. The maximum absolute atomic E-state index is 12.4. The van der Waals surface area contributed by atoms with Crippen LogP contribution >= 0.6 is 12.4 Å². The zero-order valence-electron chi connectivity index (χ0n) is 10.7. The lowest BCUT2D eigenvalue weighted by molar-refractivity contribution is 0.257. The van der Waals surface area contributed by atoms with E-state index in [4.69, 9.17) is 5.73 Å². The lowest BCUT2D eigenvalue weighted by Crippen LogP contribution is -2.47. The van der Waals surface area contributed by atoms with Crippen LogP contribution < -0.4 is 5.73 Å². The van der Waals surface area contributed by atoms with Crippen LogP contribution in [-0.2, 0) is 15.8 Å². The van der Waals surface area contributed by atoms with E-state index in [1.807, 2.05) is 0 Å². The second-order valence-corrected chi connectivity index (χ2v) is 6.54. The average Bonchev–Trinajstić information content (AvgIpc) is 2.39. The third kappa shape index (κ3) is 4.14. The fourth-order valence-corrected chi connectivity index (χ4v) is 4.16. The van der Waals surface area contributed by atoms with Crippen LogP contribution in [-0.4, -0.2) is 36.8 Å². The van der Waals surface area contributed by atoms with E-state index in [1.165, 1.54) is 0 Å². The topological polar surface area (TPSA) is 76.3 Å². The van der Waals surface area contributed by atoms with Crippen molar-refractivity contribution in [2.75, 3.05) is 13.1 Å². The van der Waals surface area contributed by atoms with Crippen molar-refractivity contribution in [3.8, 4) is 0 Å². The molecule has 2 N–H and O–H groups in total. The Morgan fingerprint density at radius 1 is 1.42 bits per heavy atom. The van der Waals surface area contributed by atoms with Crippen molar-refractivity contribution in [3.05, 3.63) is 30.1 Å². The Labute approximate surface area is 120 Å². The van der Waals surface area contributed by atoms with Gasteiger partial charge in [-0.25, -0.2) is 8.42 Å². The monoisotopic (exact) mass is 305 g/mol. The highest BCUT2D eigenvalue weighted by atomic mass is 35.5. The summed E-state index contributed by atoms with van der Waals surface area (Å²) in [7, 11) is -3.28. The van der Waals surface area contributed by atoms with Gasteiger partial charge in [0, 0.05) is 31.5 Å². The van der Waals surface area contributed by atoms with E-state index in [1.54, 1.807) is 28.8 Å². The molecule has 1 aliphatic rings. The van der Waals surface area contributed by atoms with Gasteiger partial charge in [-0.15, -0.1) is 12.4 Å². The minimum atomic E-state index is -3.28. The Hall–Kier alpha value is -0.690. The Morgan fingerprint density at radius 3 is 2.84 bits per heavy atom. The van der Waals surface area contributed by atoms with E-state index in [2.05, 4.69) is 4.98 Å². The fourth-order valence-electron chi connectivity index (χ4n) is 2.35. The van der Waals surface area contributed by atoms with Crippen LogP contribution in [0.1, 0.15) is 24.8 Å². The summed E-state index contributed by atoms with van der Waals surface area (Å²) in [5, 5.41) is 0. The maximum Gasteiger partial charge on any atom is 0.218 e. The summed E-state index contributed by atoms with van der Waals surface area (Å²) >= 11 is 0. The van der Waals surface area contributed by atoms with E-state index in [-0.39, 0.29) is 24.2 Å². The van der Waals surface area contributed by atoms with Gasteiger partial charge in [-0.1, -0.05) is 12.5 Å². The van der Waals surface area contributed by atoms with E-state index < -0.39 is 10.0 Å². The molecule has 0 aliphatic carbocycles. The van der Waals surface area contributed by atoms with E-state index in [0.717, 1.165) is 24.8 Å². The minimum Gasteiger partial charge on any atom is -0.329 e. The lowest BCUT2D eigenvalue weighted by atomic mass is 10.1. The molecule has 1 unspecified atom stereocenters. The largest absolute Gasteiger partial charge is 0.329 e. The second-order valence-electron chi connectivity index (χ2n) is 4.61. The van der Waals surface area contributed by atoms with Crippen molar-refractivity contribution in [2.24, 2.45) is 5.73 Å². The van der Waals surface area contributed by atoms with Gasteiger partial charge in [0.1, 0.15) is 0 Å². The van der Waals surface area contributed by atoms with Gasteiger partial charge < -0.3 is 5.73 Å². The highest BCUT2D eigenvalue weighted by Crippen LogP contribution is 2.22. The number of sulfonamides is 1. The molecule has 1 atom stereocenters. The third-order valence-electron chi connectivity index (χ3n) is 3.27. The summed E-state index contributed by atoms with van der Waals surface area (Å²) in [6.45, 7) is 0.983. The van der Waals surface area contributed by atoms with Crippen molar-refractivity contribution in [1.29, 1.82) is 0 Å². The van der Waals surface area contributed by atoms with E-state index in [9.17, 15) is 8.42 Å². The molecular weight excluding hydrogens is 286 g/mol. The predicted octanol–water partition coefficient (Wildman–Crippen LogP) is 1.15. The number of hydrogen-bond donors (Lipinski definition) is 1. The third-order valence-corrected chi connectivity index (χ3v) is 5.17. The number of halogens is 1. The van der Waals surface area contributed by atoms with Gasteiger partial charge in [-0.3, -0.25) is 4.98 Å². The van der Waals surface area contributed by atoms with Gasteiger partial charge in [0.15, 0.2) is 0 Å². The Bertz CT molecular complexity index is 481. The zero-order chi connectivity index (χ0) is 13.0. The van der Waals surface area contributed by atoms with Crippen LogP contribution in [0.4, 0.5) is 0 Å². The molecule has 19 heavy (non-hydrogen) atoms. The smallest absolute Gasteiger partial charge is 0.218 e. The number of hydrogen-bond acceptors (Lipinski definition) is 4. The standard InChI is InChI=1S/C12H19N3O2S.ClH/c13-8-12-5-1-2-7-15(12)18(16,17)10-11-4-3-6-14-9-11;/h3-4,6,9,12H,1-2,5,7-8,10,13H2;1H. The molecule has 2 rings (SSSR count). The van der Waals surface area contributed by atoms with Crippen LogP contribution in [0.25, 0.3) is 0 Å². The van der Waals surface area contributed by atoms with Crippen LogP contribution in [0.2, 0.25) is 0 Å². The Kier molecular flexibility index (Phi) is 6.19. The molecule has 1 aromatic rings. The Morgan fingerprint density at radius 2 is 2.21 bits per heavy atom. The molecule has 108 valence electrons. The predicted molar refractivity (Wildman–Crippen MR) is 77.5 cm³/mol. The average molecular weight is 306 g/mol. The normalized spacial score (nSPS) is 20.8. The summed E-state index contributed by atoms with van der Waals surface area (Å²) in [6.07, 6.45) is 6.07. The number of aromatic nitrogens is 1. The number of piperidine rings is 1. The zero-order valence-corrected chi connectivity index (χ0v) is 12.4. The number of nitrogens with zero attached hydrogens (tertiary/aromatic N) is 2. The van der Waals surface area contributed by atoms with Gasteiger partial charge >= 0.3 is 0 Å². The molecule has 0 bridgehead atoms. The minimum absolute atomic E-state index is 0. The van der Waals surface area contributed by atoms with Crippen LogP contribution in [0.5, 0.6) is 0 Å². The lowest BCUT2D eigenvalue weighted by Gasteiger charge is -2.33. The first-order chi connectivity index (χ1) is 8.63. The summed E-state index contributed by atoms with van der Waals surface area (Å²) in [6, 6.07) is 3.49. The molecule has 2 heterocycles. The van der Waals surface area contributed by atoms with Crippen molar-refractivity contribution in [3.63, 3.8) is 0 Å². The van der Waals surface area contributed by atoms with Crippen LogP contribution in [0, 0.1) is 0 Å². The van der Waals surface area contributed by atoms with Gasteiger partial charge in [0.2, 0.25) is 10.0 Å². The molecule has 0 saturated carbocycles. The van der Waals surface area contributed by atoms with E-state index >= 15 is 0 Å². The summed E-state index contributed by atoms with van der Waals surface area (Å²) in [5.41, 5.74) is 6.39. The van der Waals surface area contributed by atoms with Gasteiger partial charge in [-0.05, 0) is 24.5 Å². The summed E-state index contributed by atoms with van der Waals surface area (Å²) in [4.78, 5) is 3.95.